The number of benzene rings is 1. The summed E-state index contributed by atoms with van der Waals surface area (Å²) in [5.74, 6) is 0.494. The minimum atomic E-state index is -0.170. The maximum absolute atomic E-state index is 13.4. The first-order valence-electron chi connectivity index (χ1n) is 8.10. The average Bonchev–Trinajstić information content (AvgIpc) is 2.45. The van der Waals surface area contributed by atoms with E-state index in [1.165, 1.54) is 6.07 Å². The molecule has 0 saturated heterocycles. The van der Waals surface area contributed by atoms with Crippen molar-refractivity contribution in [3.8, 4) is 0 Å². The van der Waals surface area contributed by atoms with Gasteiger partial charge in [-0.25, -0.2) is 4.39 Å². The summed E-state index contributed by atoms with van der Waals surface area (Å²) in [5.41, 5.74) is 1.18. The van der Waals surface area contributed by atoms with E-state index in [-0.39, 0.29) is 11.2 Å². The Morgan fingerprint density at radius 2 is 1.90 bits per heavy atom. The second kappa shape index (κ2) is 8.38. The van der Waals surface area contributed by atoms with Gasteiger partial charge < -0.3 is 10.2 Å². The molecular formula is C18H31FN2. The standard InChI is InChI=1S/C18H31FN2/c1-6-18(7-2,13-20-12-15(3)4)14-21(5)17-10-8-9-16(19)11-17/h8-11,15,20H,6-7,12-14H2,1-5H3. The van der Waals surface area contributed by atoms with Gasteiger partial charge in [0.05, 0.1) is 0 Å². The number of anilines is 1. The zero-order valence-corrected chi connectivity index (χ0v) is 14.2. The minimum Gasteiger partial charge on any atom is -0.374 e. The number of halogens is 1. The lowest BCUT2D eigenvalue weighted by Gasteiger charge is -2.37. The van der Waals surface area contributed by atoms with E-state index >= 15 is 0 Å². The van der Waals surface area contributed by atoms with Crippen LogP contribution in [0.25, 0.3) is 0 Å². The third-order valence-corrected chi connectivity index (χ3v) is 4.37. The molecule has 0 aromatic heterocycles. The van der Waals surface area contributed by atoms with Gasteiger partial charge in [0.25, 0.3) is 0 Å². The lowest BCUT2D eigenvalue weighted by molar-refractivity contribution is 0.252. The molecule has 0 aliphatic carbocycles. The SMILES string of the molecule is CCC(CC)(CNCC(C)C)CN(C)c1cccc(F)c1. The van der Waals surface area contributed by atoms with Crippen molar-refractivity contribution in [2.75, 3.05) is 31.6 Å². The molecular weight excluding hydrogens is 263 g/mol. The normalized spacial score (nSPS) is 12.0. The second-order valence-corrected chi connectivity index (χ2v) is 6.57. The average molecular weight is 294 g/mol. The van der Waals surface area contributed by atoms with E-state index < -0.39 is 0 Å². The smallest absolute Gasteiger partial charge is 0.125 e. The van der Waals surface area contributed by atoms with Crippen molar-refractivity contribution in [3.63, 3.8) is 0 Å². The number of rotatable bonds is 9. The maximum Gasteiger partial charge on any atom is 0.125 e. The molecule has 1 N–H and O–H groups in total. The Morgan fingerprint density at radius 3 is 2.43 bits per heavy atom. The van der Waals surface area contributed by atoms with Crippen molar-refractivity contribution in [2.45, 2.75) is 40.5 Å². The summed E-state index contributed by atoms with van der Waals surface area (Å²) < 4.78 is 13.4. The second-order valence-electron chi connectivity index (χ2n) is 6.57. The molecule has 0 fully saturated rings. The van der Waals surface area contributed by atoms with Crippen molar-refractivity contribution in [3.05, 3.63) is 30.1 Å². The van der Waals surface area contributed by atoms with Crippen LogP contribution in [0.5, 0.6) is 0 Å². The third kappa shape index (κ3) is 5.66. The highest BCUT2D eigenvalue weighted by molar-refractivity contribution is 5.45. The van der Waals surface area contributed by atoms with Crippen LogP contribution in [0.15, 0.2) is 24.3 Å². The highest BCUT2D eigenvalue weighted by atomic mass is 19.1. The minimum absolute atomic E-state index is 0.170. The number of nitrogens with one attached hydrogen (secondary N) is 1. The van der Waals surface area contributed by atoms with Crippen LogP contribution >= 0.6 is 0 Å². The van der Waals surface area contributed by atoms with Gasteiger partial charge in [0, 0.05) is 25.8 Å². The van der Waals surface area contributed by atoms with Gasteiger partial charge in [-0.1, -0.05) is 33.8 Å². The van der Waals surface area contributed by atoms with E-state index in [9.17, 15) is 4.39 Å². The molecule has 2 nitrogen and oxygen atoms in total. The molecule has 0 aliphatic heterocycles. The van der Waals surface area contributed by atoms with Crippen LogP contribution in [-0.4, -0.2) is 26.7 Å². The first-order chi connectivity index (χ1) is 9.92. The Hall–Kier alpha value is -1.09. The van der Waals surface area contributed by atoms with E-state index in [4.69, 9.17) is 0 Å². The van der Waals surface area contributed by atoms with Crippen molar-refractivity contribution >= 4 is 5.69 Å². The number of hydrogen-bond donors (Lipinski definition) is 1. The van der Waals surface area contributed by atoms with Crippen LogP contribution in [0, 0.1) is 17.2 Å². The first-order valence-corrected chi connectivity index (χ1v) is 8.10. The maximum atomic E-state index is 13.4. The molecule has 21 heavy (non-hydrogen) atoms. The zero-order chi connectivity index (χ0) is 15.9. The Morgan fingerprint density at radius 1 is 1.24 bits per heavy atom. The van der Waals surface area contributed by atoms with Crippen LogP contribution in [-0.2, 0) is 0 Å². The number of nitrogens with zero attached hydrogens (tertiary/aromatic N) is 1. The predicted molar refractivity (Wildman–Crippen MR) is 90.4 cm³/mol. The molecule has 3 heteroatoms. The van der Waals surface area contributed by atoms with Gasteiger partial charge in [-0.3, -0.25) is 0 Å². The van der Waals surface area contributed by atoms with Gasteiger partial charge in [0.2, 0.25) is 0 Å². The Bertz CT molecular complexity index is 413. The van der Waals surface area contributed by atoms with Crippen LogP contribution < -0.4 is 10.2 Å². The molecule has 0 bridgehead atoms. The predicted octanol–water partition coefficient (Wildman–Crippen LogP) is 4.31. The molecule has 0 amide bonds. The number of hydrogen-bond acceptors (Lipinski definition) is 2. The highest BCUT2D eigenvalue weighted by Crippen LogP contribution is 2.28. The summed E-state index contributed by atoms with van der Waals surface area (Å²) >= 11 is 0. The van der Waals surface area contributed by atoms with Gasteiger partial charge in [0.1, 0.15) is 5.82 Å². The van der Waals surface area contributed by atoms with E-state index in [2.05, 4.69) is 45.0 Å². The summed E-state index contributed by atoms with van der Waals surface area (Å²) in [6, 6.07) is 6.85. The van der Waals surface area contributed by atoms with Crippen molar-refractivity contribution < 1.29 is 4.39 Å². The van der Waals surface area contributed by atoms with Crippen LogP contribution in [0.2, 0.25) is 0 Å². The molecule has 0 radical (unpaired) electrons. The zero-order valence-electron chi connectivity index (χ0n) is 14.2. The van der Waals surface area contributed by atoms with Gasteiger partial charge >= 0.3 is 0 Å². The van der Waals surface area contributed by atoms with Crippen molar-refractivity contribution in [1.82, 2.24) is 5.32 Å². The van der Waals surface area contributed by atoms with Gasteiger partial charge in [0.15, 0.2) is 0 Å². The topological polar surface area (TPSA) is 15.3 Å². The highest BCUT2D eigenvalue weighted by Gasteiger charge is 2.27. The van der Waals surface area contributed by atoms with E-state index in [1.807, 2.05) is 6.07 Å². The molecule has 0 heterocycles. The summed E-state index contributed by atoms with van der Waals surface area (Å²) in [7, 11) is 2.05. The fourth-order valence-corrected chi connectivity index (χ4v) is 2.71. The van der Waals surface area contributed by atoms with E-state index in [0.29, 0.717) is 5.92 Å². The lowest BCUT2D eigenvalue weighted by atomic mass is 9.81. The summed E-state index contributed by atoms with van der Waals surface area (Å²) in [5, 5.41) is 3.60. The van der Waals surface area contributed by atoms with Crippen LogP contribution in [0.4, 0.5) is 10.1 Å². The Kier molecular flexibility index (Phi) is 7.16. The quantitative estimate of drug-likeness (QED) is 0.730. The summed E-state index contributed by atoms with van der Waals surface area (Å²) in [6.45, 7) is 12.0. The molecule has 1 rings (SSSR count). The van der Waals surface area contributed by atoms with Gasteiger partial charge in [-0.05, 0) is 48.9 Å². The van der Waals surface area contributed by atoms with Crippen molar-refractivity contribution in [1.29, 1.82) is 0 Å². The molecule has 1 aromatic carbocycles. The molecule has 0 atom stereocenters. The Balaban J connectivity index is 2.72. The van der Waals surface area contributed by atoms with Gasteiger partial charge in [-0.2, -0.15) is 0 Å². The van der Waals surface area contributed by atoms with Crippen LogP contribution in [0.1, 0.15) is 40.5 Å². The first kappa shape index (κ1) is 18.0. The van der Waals surface area contributed by atoms with Crippen molar-refractivity contribution in [2.24, 2.45) is 11.3 Å². The molecule has 0 unspecified atom stereocenters. The van der Waals surface area contributed by atoms with E-state index in [1.54, 1.807) is 12.1 Å². The van der Waals surface area contributed by atoms with E-state index in [0.717, 1.165) is 38.2 Å². The summed E-state index contributed by atoms with van der Waals surface area (Å²) in [4.78, 5) is 2.17. The molecule has 0 saturated carbocycles. The fraction of sp³-hybridized carbons (Fsp3) is 0.667. The lowest BCUT2D eigenvalue weighted by Crippen LogP contribution is -2.43. The Labute approximate surface area is 129 Å². The molecule has 0 spiro atoms. The molecule has 1 aromatic rings. The van der Waals surface area contributed by atoms with Gasteiger partial charge in [-0.15, -0.1) is 0 Å². The fourth-order valence-electron chi connectivity index (χ4n) is 2.71. The summed E-state index contributed by atoms with van der Waals surface area (Å²) in [6.07, 6.45) is 2.24. The molecule has 0 aliphatic rings. The van der Waals surface area contributed by atoms with Crippen LogP contribution in [0.3, 0.4) is 0 Å². The monoisotopic (exact) mass is 294 g/mol. The largest absolute Gasteiger partial charge is 0.374 e. The molecule has 120 valence electrons. The third-order valence-electron chi connectivity index (χ3n) is 4.37.